The Labute approximate surface area is 121 Å². The normalized spacial score (nSPS) is 9.65. The second-order valence-electron chi connectivity index (χ2n) is 3.97. The van der Waals surface area contributed by atoms with Gasteiger partial charge in [0.2, 0.25) is 0 Å². The summed E-state index contributed by atoms with van der Waals surface area (Å²) in [5.41, 5.74) is 0.155. The van der Waals surface area contributed by atoms with Gasteiger partial charge in [-0.05, 0) is 18.6 Å². The zero-order chi connectivity index (χ0) is 15.0. The van der Waals surface area contributed by atoms with Gasteiger partial charge < -0.3 is 10.4 Å². The van der Waals surface area contributed by atoms with Gasteiger partial charge in [0.1, 0.15) is 0 Å². The Hall–Kier alpha value is -2.08. The van der Waals surface area contributed by atoms with E-state index in [1.54, 1.807) is 11.5 Å². The quantitative estimate of drug-likeness (QED) is 0.852. The molecule has 1 heterocycles. The lowest BCUT2D eigenvalue weighted by Gasteiger charge is -1.92. The predicted molar refractivity (Wildman–Crippen MR) is 82.6 cm³/mol. The Morgan fingerprint density at radius 3 is 2.70 bits per heavy atom. The zero-order valence-electron chi connectivity index (χ0n) is 11.3. The molecule has 1 aromatic carbocycles. The molecule has 5 nitrogen and oxygen atoms in total. The Bertz CT molecular complexity index is 631. The third-order valence-corrected chi connectivity index (χ3v) is 3.50. The van der Waals surface area contributed by atoms with Crippen LogP contribution in [-0.2, 0) is 6.54 Å². The second kappa shape index (κ2) is 8.16. The maximum absolute atomic E-state index is 11.7. The maximum atomic E-state index is 11.7. The summed E-state index contributed by atoms with van der Waals surface area (Å²) < 4.78 is 2.91. The van der Waals surface area contributed by atoms with Crippen LogP contribution in [0.1, 0.15) is 13.3 Å². The summed E-state index contributed by atoms with van der Waals surface area (Å²) >= 11 is 1.55. The highest BCUT2D eigenvalue weighted by molar-refractivity contribution is 7.13. The number of hydrogen-bond acceptors (Lipinski definition) is 3. The molecule has 108 valence electrons. The predicted octanol–water partition coefficient (Wildman–Crippen LogP) is 2.91. The number of benzene rings is 1. The van der Waals surface area contributed by atoms with Crippen molar-refractivity contribution in [1.29, 1.82) is 0 Å². The van der Waals surface area contributed by atoms with Gasteiger partial charge in [-0.3, -0.25) is 8.75 Å². The molecule has 0 fully saturated rings. The van der Waals surface area contributed by atoms with Gasteiger partial charge in [-0.1, -0.05) is 36.7 Å². The molecule has 0 bridgehead atoms. The van der Waals surface area contributed by atoms with E-state index in [0.29, 0.717) is 6.54 Å². The standard InChI is InChI=1S/C10H11NOS.C4H7NO2/c1-2-7-11-10(12)8-5-3-4-6-9(8)13-11;1-2-3-5-4(6)7/h3-6H,2,7H2,1H3;2,5H,1,3H2,(H,6,7). The highest BCUT2D eigenvalue weighted by Gasteiger charge is 2.04. The summed E-state index contributed by atoms with van der Waals surface area (Å²) in [6.07, 6.45) is 1.47. The topological polar surface area (TPSA) is 71.3 Å². The van der Waals surface area contributed by atoms with Gasteiger partial charge in [0.25, 0.3) is 5.56 Å². The van der Waals surface area contributed by atoms with Crippen molar-refractivity contribution in [1.82, 2.24) is 9.27 Å². The van der Waals surface area contributed by atoms with Crippen molar-refractivity contribution in [2.75, 3.05) is 6.54 Å². The second-order valence-corrected chi connectivity index (χ2v) is 5.03. The van der Waals surface area contributed by atoms with E-state index in [-0.39, 0.29) is 5.56 Å². The first-order valence-corrected chi connectivity index (χ1v) is 7.04. The van der Waals surface area contributed by atoms with Crippen molar-refractivity contribution >= 4 is 27.7 Å². The first kappa shape index (κ1) is 16.0. The van der Waals surface area contributed by atoms with E-state index in [1.165, 1.54) is 6.08 Å². The molecule has 0 atom stereocenters. The number of nitrogens with one attached hydrogen (secondary N) is 1. The fourth-order valence-corrected chi connectivity index (χ4v) is 2.61. The molecule has 0 saturated carbocycles. The third-order valence-electron chi connectivity index (χ3n) is 2.38. The fourth-order valence-electron chi connectivity index (χ4n) is 1.53. The highest BCUT2D eigenvalue weighted by atomic mass is 32.1. The number of carboxylic acid groups (broad SMARTS) is 1. The van der Waals surface area contributed by atoms with Crippen molar-refractivity contribution in [3.05, 3.63) is 47.3 Å². The van der Waals surface area contributed by atoms with Crippen LogP contribution in [0.15, 0.2) is 41.7 Å². The van der Waals surface area contributed by atoms with Crippen molar-refractivity contribution in [2.24, 2.45) is 0 Å². The van der Waals surface area contributed by atoms with Crippen LogP contribution in [0.3, 0.4) is 0 Å². The molecule has 0 aliphatic rings. The molecule has 0 spiro atoms. The number of amides is 1. The number of fused-ring (bicyclic) bond motifs is 1. The molecule has 0 radical (unpaired) electrons. The molecule has 0 aliphatic carbocycles. The van der Waals surface area contributed by atoms with Gasteiger partial charge in [0, 0.05) is 13.1 Å². The molecular formula is C14H18N2O3S. The number of aryl methyl sites for hydroxylation is 1. The summed E-state index contributed by atoms with van der Waals surface area (Å²) in [5, 5.41) is 10.8. The highest BCUT2D eigenvalue weighted by Crippen LogP contribution is 2.15. The summed E-state index contributed by atoms with van der Waals surface area (Å²) in [7, 11) is 0. The lowest BCUT2D eigenvalue weighted by atomic mass is 10.3. The van der Waals surface area contributed by atoms with Crippen LogP contribution in [0, 0.1) is 0 Å². The molecule has 2 rings (SSSR count). The van der Waals surface area contributed by atoms with Gasteiger partial charge >= 0.3 is 6.09 Å². The molecule has 1 aromatic heterocycles. The molecule has 2 aromatic rings. The number of aromatic nitrogens is 1. The first-order valence-electron chi connectivity index (χ1n) is 6.26. The Morgan fingerprint density at radius 1 is 1.50 bits per heavy atom. The van der Waals surface area contributed by atoms with Crippen LogP contribution in [0.25, 0.3) is 10.1 Å². The van der Waals surface area contributed by atoms with E-state index in [2.05, 4.69) is 18.8 Å². The van der Waals surface area contributed by atoms with Crippen LogP contribution in [0.2, 0.25) is 0 Å². The zero-order valence-corrected chi connectivity index (χ0v) is 12.2. The number of rotatable bonds is 4. The van der Waals surface area contributed by atoms with E-state index < -0.39 is 6.09 Å². The van der Waals surface area contributed by atoms with Crippen LogP contribution in [0.4, 0.5) is 4.79 Å². The average Bonchev–Trinajstić information content (AvgIpc) is 2.75. The smallest absolute Gasteiger partial charge is 0.404 e. The van der Waals surface area contributed by atoms with Gasteiger partial charge in [-0.25, -0.2) is 4.79 Å². The van der Waals surface area contributed by atoms with Gasteiger partial charge in [-0.15, -0.1) is 6.58 Å². The Kier molecular flexibility index (Phi) is 6.52. The Balaban J connectivity index is 0.000000246. The maximum Gasteiger partial charge on any atom is 0.404 e. The van der Waals surface area contributed by atoms with Crippen LogP contribution < -0.4 is 10.9 Å². The fraction of sp³-hybridized carbons (Fsp3) is 0.286. The summed E-state index contributed by atoms with van der Waals surface area (Å²) in [5.74, 6) is 0. The lowest BCUT2D eigenvalue weighted by Crippen LogP contribution is -2.19. The minimum atomic E-state index is -1.01. The van der Waals surface area contributed by atoms with E-state index in [1.807, 2.05) is 28.2 Å². The lowest BCUT2D eigenvalue weighted by molar-refractivity contribution is 0.195. The summed E-state index contributed by atoms with van der Waals surface area (Å²) in [6.45, 7) is 6.53. The van der Waals surface area contributed by atoms with Crippen molar-refractivity contribution in [2.45, 2.75) is 19.9 Å². The van der Waals surface area contributed by atoms with Crippen molar-refractivity contribution in [3.8, 4) is 0 Å². The molecule has 0 unspecified atom stereocenters. The van der Waals surface area contributed by atoms with Gasteiger partial charge in [-0.2, -0.15) is 0 Å². The molecule has 0 saturated heterocycles. The summed E-state index contributed by atoms with van der Waals surface area (Å²) in [6, 6.07) is 7.76. The van der Waals surface area contributed by atoms with E-state index >= 15 is 0 Å². The van der Waals surface area contributed by atoms with Crippen LogP contribution >= 0.6 is 11.5 Å². The minimum Gasteiger partial charge on any atom is -0.465 e. The van der Waals surface area contributed by atoms with E-state index in [9.17, 15) is 9.59 Å². The first-order chi connectivity index (χ1) is 9.60. The number of carbonyl (C=O) groups is 1. The summed E-state index contributed by atoms with van der Waals surface area (Å²) in [4.78, 5) is 21.3. The van der Waals surface area contributed by atoms with Gasteiger partial charge in [0.15, 0.2) is 0 Å². The van der Waals surface area contributed by atoms with E-state index in [4.69, 9.17) is 5.11 Å². The van der Waals surface area contributed by atoms with E-state index in [0.717, 1.165) is 23.1 Å². The monoisotopic (exact) mass is 294 g/mol. The SMILES string of the molecule is C=CCNC(=O)O.CCCn1sc2ccccc2c1=O. The van der Waals surface area contributed by atoms with Gasteiger partial charge in [0.05, 0.1) is 10.1 Å². The molecular weight excluding hydrogens is 276 g/mol. The van der Waals surface area contributed by atoms with Crippen LogP contribution in [-0.4, -0.2) is 21.7 Å². The largest absolute Gasteiger partial charge is 0.465 e. The molecule has 1 amide bonds. The van der Waals surface area contributed by atoms with Crippen molar-refractivity contribution < 1.29 is 9.90 Å². The number of hydrogen-bond donors (Lipinski definition) is 2. The molecule has 6 heteroatoms. The minimum absolute atomic E-state index is 0.155. The van der Waals surface area contributed by atoms with Crippen molar-refractivity contribution in [3.63, 3.8) is 0 Å². The Morgan fingerprint density at radius 2 is 2.20 bits per heavy atom. The average molecular weight is 294 g/mol. The molecule has 0 aliphatic heterocycles. The molecule has 20 heavy (non-hydrogen) atoms. The number of nitrogens with zero attached hydrogens (tertiary/aromatic N) is 1. The molecule has 2 N–H and O–H groups in total. The van der Waals surface area contributed by atoms with Crippen LogP contribution in [0.5, 0.6) is 0 Å². The third kappa shape index (κ3) is 4.55.